The highest BCUT2D eigenvalue weighted by atomic mass is 16.3. The minimum atomic E-state index is 0.0216. The smallest absolute Gasteiger partial charge is 0.0463 e. The third-order valence-corrected chi connectivity index (χ3v) is 2.03. The summed E-state index contributed by atoms with van der Waals surface area (Å²) in [5.74, 6) is 0.0216. The molecule has 1 aromatic carbocycles. The summed E-state index contributed by atoms with van der Waals surface area (Å²) in [6.07, 6.45) is 0.746. The lowest BCUT2D eigenvalue weighted by Crippen LogP contribution is -2.12. The van der Waals surface area contributed by atoms with Crippen LogP contribution < -0.4 is 0 Å². The van der Waals surface area contributed by atoms with Crippen molar-refractivity contribution in [2.75, 3.05) is 13.2 Å². The van der Waals surface area contributed by atoms with Gasteiger partial charge in [0.05, 0.1) is 0 Å². The van der Waals surface area contributed by atoms with Crippen molar-refractivity contribution >= 4 is 0 Å². The largest absolute Gasteiger partial charge is 0.396 e. The van der Waals surface area contributed by atoms with Crippen LogP contribution >= 0.6 is 0 Å². The Bertz CT molecular complexity index is 306. The van der Waals surface area contributed by atoms with Crippen LogP contribution in [0.2, 0.25) is 0 Å². The standard InChI is InChI=1S/C10H13N3O/c11-13-12-7-10(8-14)6-9-4-2-1-3-5-9/h1-5,10,14H,6-8H2. The van der Waals surface area contributed by atoms with E-state index in [0.29, 0.717) is 6.54 Å². The third kappa shape index (κ3) is 3.47. The molecule has 0 saturated carbocycles. The normalized spacial score (nSPS) is 11.8. The fraction of sp³-hybridized carbons (Fsp3) is 0.400. The first kappa shape index (κ1) is 10.6. The Balaban J connectivity index is 2.52. The van der Waals surface area contributed by atoms with Crippen LogP contribution in [0.25, 0.3) is 10.4 Å². The van der Waals surface area contributed by atoms with Crippen molar-refractivity contribution in [2.45, 2.75) is 6.42 Å². The van der Waals surface area contributed by atoms with Gasteiger partial charge in [-0.15, -0.1) is 0 Å². The lowest BCUT2D eigenvalue weighted by atomic mass is 10.0. The molecule has 0 fully saturated rings. The second-order valence-corrected chi connectivity index (χ2v) is 3.15. The Kier molecular flexibility index (Phi) is 4.55. The van der Waals surface area contributed by atoms with Crippen molar-refractivity contribution in [3.8, 4) is 0 Å². The van der Waals surface area contributed by atoms with Gasteiger partial charge < -0.3 is 5.11 Å². The highest BCUT2D eigenvalue weighted by Crippen LogP contribution is 2.08. The van der Waals surface area contributed by atoms with E-state index in [2.05, 4.69) is 10.0 Å². The van der Waals surface area contributed by atoms with Gasteiger partial charge in [-0.3, -0.25) is 0 Å². The van der Waals surface area contributed by atoms with E-state index in [1.165, 1.54) is 0 Å². The number of rotatable bonds is 5. The minimum absolute atomic E-state index is 0.0216. The summed E-state index contributed by atoms with van der Waals surface area (Å²) in [5.41, 5.74) is 9.31. The van der Waals surface area contributed by atoms with Gasteiger partial charge in [-0.2, -0.15) is 0 Å². The van der Waals surface area contributed by atoms with Crippen molar-refractivity contribution in [2.24, 2.45) is 11.0 Å². The molecule has 4 nitrogen and oxygen atoms in total. The monoisotopic (exact) mass is 191 g/mol. The summed E-state index contributed by atoms with van der Waals surface area (Å²) < 4.78 is 0. The van der Waals surface area contributed by atoms with E-state index in [-0.39, 0.29) is 12.5 Å². The second kappa shape index (κ2) is 6.02. The highest BCUT2D eigenvalue weighted by Gasteiger charge is 2.06. The number of azide groups is 1. The van der Waals surface area contributed by atoms with E-state index in [0.717, 1.165) is 12.0 Å². The predicted molar refractivity (Wildman–Crippen MR) is 54.7 cm³/mol. The molecule has 0 spiro atoms. The second-order valence-electron chi connectivity index (χ2n) is 3.15. The number of aliphatic hydroxyl groups is 1. The maximum absolute atomic E-state index is 9.03. The zero-order chi connectivity index (χ0) is 10.2. The van der Waals surface area contributed by atoms with E-state index in [1.54, 1.807) is 0 Å². The molecule has 0 aliphatic rings. The topological polar surface area (TPSA) is 69.0 Å². The molecule has 0 radical (unpaired) electrons. The van der Waals surface area contributed by atoms with Crippen LogP contribution in [0.4, 0.5) is 0 Å². The molecule has 1 aromatic rings. The van der Waals surface area contributed by atoms with Gasteiger partial charge in [-0.05, 0) is 23.4 Å². The number of nitrogens with zero attached hydrogens (tertiary/aromatic N) is 3. The molecule has 14 heavy (non-hydrogen) atoms. The Morgan fingerprint density at radius 1 is 1.36 bits per heavy atom. The molecule has 0 amide bonds. The van der Waals surface area contributed by atoms with Crippen LogP contribution in [-0.4, -0.2) is 18.3 Å². The molecule has 0 aliphatic carbocycles. The first-order valence-corrected chi connectivity index (χ1v) is 4.52. The maximum Gasteiger partial charge on any atom is 0.0463 e. The molecule has 0 saturated heterocycles. The van der Waals surface area contributed by atoms with Gasteiger partial charge in [-0.25, -0.2) is 0 Å². The van der Waals surface area contributed by atoms with Crippen molar-refractivity contribution in [1.82, 2.24) is 0 Å². The van der Waals surface area contributed by atoms with Gasteiger partial charge >= 0.3 is 0 Å². The number of hydrogen-bond acceptors (Lipinski definition) is 2. The van der Waals surface area contributed by atoms with Gasteiger partial charge in [0.1, 0.15) is 0 Å². The SMILES string of the molecule is [N-]=[N+]=NCC(CO)Cc1ccccc1. The summed E-state index contributed by atoms with van der Waals surface area (Å²) in [6, 6.07) is 9.86. The Hall–Kier alpha value is -1.51. The zero-order valence-electron chi connectivity index (χ0n) is 7.87. The van der Waals surface area contributed by atoms with E-state index >= 15 is 0 Å². The van der Waals surface area contributed by atoms with Gasteiger partial charge in [0.25, 0.3) is 0 Å². The minimum Gasteiger partial charge on any atom is -0.396 e. The third-order valence-electron chi connectivity index (χ3n) is 2.03. The van der Waals surface area contributed by atoms with Gasteiger partial charge in [0, 0.05) is 18.1 Å². The lowest BCUT2D eigenvalue weighted by Gasteiger charge is -2.10. The number of aliphatic hydroxyl groups excluding tert-OH is 1. The highest BCUT2D eigenvalue weighted by molar-refractivity contribution is 5.15. The van der Waals surface area contributed by atoms with E-state index in [1.807, 2.05) is 30.3 Å². The Morgan fingerprint density at radius 3 is 2.64 bits per heavy atom. The van der Waals surface area contributed by atoms with E-state index in [4.69, 9.17) is 10.6 Å². The van der Waals surface area contributed by atoms with Crippen LogP contribution in [-0.2, 0) is 6.42 Å². The quantitative estimate of drug-likeness (QED) is 0.432. The molecule has 1 N–H and O–H groups in total. The summed E-state index contributed by atoms with van der Waals surface area (Å²) in [7, 11) is 0. The van der Waals surface area contributed by atoms with Gasteiger partial charge in [0.2, 0.25) is 0 Å². The zero-order valence-corrected chi connectivity index (χ0v) is 7.87. The summed E-state index contributed by atoms with van der Waals surface area (Å²) in [4.78, 5) is 2.68. The molecule has 1 atom stereocenters. The molecule has 0 aromatic heterocycles. The molecule has 1 unspecified atom stereocenters. The number of hydrogen-bond donors (Lipinski definition) is 1. The molecular formula is C10H13N3O. The fourth-order valence-electron chi connectivity index (χ4n) is 1.29. The molecule has 74 valence electrons. The summed E-state index contributed by atoms with van der Waals surface area (Å²) in [6.45, 7) is 0.399. The van der Waals surface area contributed by atoms with Crippen molar-refractivity contribution in [3.05, 3.63) is 46.3 Å². The lowest BCUT2D eigenvalue weighted by molar-refractivity contribution is 0.230. The molecule has 0 bridgehead atoms. The molecule has 4 heteroatoms. The Labute approximate surface area is 82.8 Å². The van der Waals surface area contributed by atoms with Crippen LogP contribution in [0, 0.1) is 5.92 Å². The molecular weight excluding hydrogens is 178 g/mol. The first-order valence-electron chi connectivity index (χ1n) is 4.52. The number of benzene rings is 1. The molecule has 0 aliphatic heterocycles. The first-order chi connectivity index (χ1) is 6.86. The van der Waals surface area contributed by atoms with Gasteiger partial charge in [0.15, 0.2) is 0 Å². The summed E-state index contributed by atoms with van der Waals surface area (Å²) >= 11 is 0. The summed E-state index contributed by atoms with van der Waals surface area (Å²) in [5, 5.41) is 12.5. The average Bonchev–Trinajstić information content (AvgIpc) is 2.25. The van der Waals surface area contributed by atoms with E-state index in [9.17, 15) is 0 Å². The predicted octanol–water partition coefficient (Wildman–Crippen LogP) is 2.15. The van der Waals surface area contributed by atoms with Crippen LogP contribution in [0.15, 0.2) is 35.4 Å². The van der Waals surface area contributed by atoms with E-state index < -0.39 is 0 Å². The fourth-order valence-corrected chi connectivity index (χ4v) is 1.29. The molecule has 1 rings (SSSR count). The maximum atomic E-state index is 9.03. The Morgan fingerprint density at radius 2 is 2.07 bits per heavy atom. The van der Waals surface area contributed by atoms with Crippen molar-refractivity contribution in [1.29, 1.82) is 0 Å². The molecule has 0 heterocycles. The van der Waals surface area contributed by atoms with Crippen molar-refractivity contribution < 1.29 is 5.11 Å². The van der Waals surface area contributed by atoms with Crippen LogP contribution in [0.1, 0.15) is 5.56 Å². The van der Waals surface area contributed by atoms with Crippen LogP contribution in [0.5, 0.6) is 0 Å². The van der Waals surface area contributed by atoms with Crippen LogP contribution in [0.3, 0.4) is 0 Å². The van der Waals surface area contributed by atoms with Crippen molar-refractivity contribution in [3.63, 3.8) is 0 Å². The average molecular weight is 191 g/mol. The van der Waals surface area contributed by atoms with Gasteiger partial charge in [-0.1, -0.05) is 35.4 Å².